The SMILES string of the molecule is ClCCl.O.[Ca+2].[H-].[H-]. The second kappa shape index (κ2) is 17.0. The van der Waals surface area contributed by atoms with Gasteiger partial charge in [0.05, 0.1) is 5.34 Å². The molecule has 4 heteroatoms. The van der Waals surface area contributed by atoms with Crippen LogP contribution in [-0.4, -0.2) is 48.6 Å². The van der Waals surface area contributed by atoms with E-state index in [1.165, 1.54) is 0 Å². The van der Waals surface area contributed by atoms with Crippen molar-refractivity contribution in [1.82, 2.24) is 0 Å². The van der Waals surface area contributed by atoms with E-state index in [4.69, 9.17) is 23.2 Å². The third-order valence-corrected chi connectivity index (χ3v) is 0. The maximum Gasteiger partial charge on any atom is 2.00 e. The molecule has 0 aromatic rings. The summed E-state index contributed by atoms with van der Waals surface area (Å²) < 4.78 is 0. The van der Waals surface area contributed by atoms with Crippen LogP contribution in [0.4, 0.5) is 0 Å². The van der Waals surface area contributed by atoms with E-state index in [1.54, 1.807) is 0 Å². The average molecular weight is 145 g/mol. The Kier molecular flexibility index (Phi) is 54.0. The van der Waals surface area contributed by atoms with E-state index in [1.807, 2.05) is 0 Å². The van der Waals surface area contributed by atoms with Crippen molar-refractivity contribution in [1.29, 1.82) is 0 Å². The Labute approximate surface area is 73.9 Å². The van der Waals surface area contributed by atoms with Crippen molar-refractivity contribution >= 4 is 60.9 Å². The summed E-state index contributed by atoms with van der Waals surface area (Å²) in [5.41, 5.74) is 0. The second-order valence-electron chi connectivity index (χ2n) is 0.101. The van der Waals surface area contributed by atoms with Gasteiger partial charge < -0.3 is 8.33 Å². The van der Waals surface area contributed by atoms with Gasteiger partial charge >= 0.3 is 37.7 Å². The van der Waals surface area contributed by atoms with Gasteiger partial charge in [-0.1, -0.05) is 0 Å². The molecule has 32 valence electrons. The molecule has 0 rings (SSSR count). The minimum absolute atomic E-state index is 0. The molecule has 0 bridgehead atoms. The zero-order valence-corrected chi connectivity index (χ0v) is 6.39. The smallest absolute Gasteiger partial charge is 1.00 e. The predicted octanol–water partition coefficient (Wildman–Crippen LogP) is 0.441. The normalized spacial score (nSPS) is 3.60. The first-order valence-corrected chi connectivity index (χ1v) is 1.60. The number of hydrogen-bond donors (Lipinski definition) is 0. The summed E-state index contributed by atoms with van der Waals surface area (Å²) in [6.07, 6.45) is 0. The summed E-state index contributed by atoms with van der Waals surface area (Å²) in [5.74, 6) is 0. The van der Waals surface area contributed by atoms with Gasteiger partial charge in [-0.3, -0.25) is 0 Å². The molecule has 0 aliphatic heterocycles. The Morgan fingerprint density at radius 1 is 1.40 bits per heavy atom. The molecule has 0 heterocycles. The molecule has 1 nitrogen and oxygen atoms in total. The third kappa shape index (κ3) is 25.9. The molecule has 0 unspecified atom stereocenters. The fourth-order valence-electron chi connectivity index (χ4n) is 0. The Balaban J connectivity index is -0.00000000333. The number of rotatable bonds is 0. The summed E-state index contributed by atoms with van der Waals surface area (Å²) in [6.45, 7) is 0. The zero-order chi connectivity index (χ0) is 2.71. The van der Waals surface area contributed by atoms with Crippen molar-refractivity contribution in [2.45, 2.75) is 0 Å². The fraction of sp³-hybridized carbons (Fsp3) is 1.00. The number of hydrogen-bond acceptors (Lipinski definition) is 0. The summed E-state index contributed by atoms with van der Waals surface area (Å²) in [7, 11) is 0. The molecular formula is CH6CaCl2O. The predicted molar refractivity (Wildman–Crippen MR) is 28.2 cm³/mol. The van der Waals surface area contributed by atoms with E-state index in [2.05, 4.69) is 0 Å². The van der Waals surface area contributed by atoms with Crippen molar-refractivity contribution in [2.24, 2.45) is 0 Å². The number of alkyl halides is 2. The van der Waals surface area contributed by atoms with Crippen LogP contribution in [0.2, 0.25) is 0 Å². The molecule has 0 amide bonds. The van der Waals surface area contributed by atoms with Crippen LogP contribution in [0.1, 0.15) is 2.85 Å². The monoisotopic (exact) mass is 144 g/mol. The van der Waals surface area contributed by atoms with E-state index in [-0.39, 0.29) is 51.4 Å². The molecule has 5 heavy (non-hydrogen) atoms. The summed E-state index contributed by atoms with van der Waals surface area (Å²) in [4.78, 5) is 0. The van der Waals surface area contributed by atoms with Gasteiger partial charge in [0.1, 0.15) is 0 Å². The summed E-state index contributed by atoms with van der Waals surface area (Å²) in [6, 6.07) is 0. The first kappa shape index (κ1) is 15.8. The van der Waals surface area contributed by atoms with Crippen LogP contribution in [0.5, 0.6) is 0 Å². The minimum Gasteiger partial charge on any atom is -1.00 e. The average Bonchev–Trinajstić information content (AvgIpc) is 0.918. The second-order valence-corrected chi connectivity index (χ2v) is 0.909. The Hall–Kier alpha value is 1.80. The first-order chi connectivity index (χ1) is 1.41. The first-order valence-electron chi connectivity index (χ1n) is 0.535. The van der Waals surface area contributed by atoms with Crippen LogP contribution in [0.15, 0.2) is 0 Å². The van der Waals surface area contributed by atoms with Crippen molar-refractivity contribution < 1.29 is 8.33 Å². The third-order valence-electron chi connectivity index (χ3n) is 0. The largest absolute Gasteiger partial charge is 2.00 e. The van der Waals surface area contributed by atoms with Crippen molar-refractivity contribution in [3.63, 3.8) is 0 Å². The topological polar surface area (TPSA) is 31.5 Å². The van der Waals surface area contributed by atoms with Crippen LogP contribution in [-0.2, 0) is 0 Å². The Bertz CT molecular complexity index is 15.7. The zero-order valence-electron chi connectivity index (χ0n) is 4.67. The van der Waals surface area contributed by atoms with E-state index >= 15 is 0 Å². The van der Waals surface area contributed by atoms with Crippen molar-refractivity contribution in [3.05, 3.63) is 0 Å². The maximum atomic E-state index is 4.76. The van der Waals surface area contributed by atoms with Crippen molar-refractivity contribution in [2.75, 3.05) is 5.34 Å². The van der Waals surface area contributed by atoms with Crippen LogP contribution in [0.25, 0.3) is 0 Å². The van der Waals surface area contributed by atoms with Crippen molar-refractivity contribution in [3.8, 4) is 0 Å². The molecule has 0 saturated carbocycles. The molecule has 0 aliphatic carbocycles. The summed E-state index contributed by atoms with van der Waals surface area (Å²) in [5, 5.41) is 0.194. The quantitative estimate of drug-likeness (QED) is 0.350. The molecule has 0 fully saturated rings. The van der Waals surface area contributed by atoms with E-state index in [9.17, 15) is 0 Å². The van der Waals surface area contributed by atoms with Gasteiger partial charge in [-0.15, -0.1) is 23.2 Å². The van der Waals surface area contributed by atoms with Gasteiger partial charge in [-0.2, -0.15) is 0 Å². The standard InChI is InChI=1S/CH2Cl2.Ca.H2O.2H/c2-1-3;;;;/h1H2;;1H2;;/q;+2;;2*-1. The van der Waals surface area contributed by atoms with E-state index < -0.39 is 0 Å². The summed E-state index contributed by atoms with van der Waals surface area (Å²) >= 11 is 9.53. The van der Waals surface area contributed by atoms with Crippen LogP contribution >= 0.6 is 23.2 Å². The molecule has 0 aromatic carbocycles. The molecule has 0 spiro atoms. The van der Waals surface area contributed by atoms with Gasteiger partial charge in [-0.05, 0) is 0 Å². The maximum absolute atomic E-state index is 4.76. The van der Waals surface area contributed by atoms with Crippen LogP contribution in [0, 0.1) is 0 Å². The molecule has 0 atom stereocenters. The van der Waals surface area contributed by atoms with Gasteiger partial charge in [0, 0.05) is 0 Å². The van der Waals surface area contributed by atoms with E-state index in [0.29, 0.717) is 0 Å². The van der Waals surface area contributed by atoms with Gasteiger partial charge in [0.2, 0.25) is 0 Å². The van der Waals surface area contributed by atoms with Gasteiger partial charge in [0.25, 0.3) is 0 Å². The Morgan fingerprint density at radius 3 is 1.40 bits per heavy atom. The fourth-order valence-corrected chi connectivity index (χ4v) is 0. The number of halogens is 2. The van der Waals surface area contributed by atoms with Gasteiger partial charge in [0.15, 0.2) is 0 Å². The van der Waals surface area contributed by atoms with Crippen LogP contribution < -0.4 is 0 Å². The molecule has 0 radical (unpaired) electrons. The molecule has 0 aliphatic rings. The molecule has 0 aromatic heterocycles. The molecule has 2 N–H and O–H groups in total. The minimum atomic E-state index is 0. The van der Waals surface area contributed by atoms with E-state index in [0.717, 1.165) is 0 Å². The van der Waals surface area contributed by atoms with Crippen LogP contribution in [0.3, 0.4) is 0 Å². The Morgan fingerprint density at radius 2 is 1.40 bits per heavy atom. The van der Waals surface area contributed by atoms with Gasteiger partial charge in [-0.25, -0.2) is 0 Å². The molecule has 0 saturated heterocycles. The molecular weight excluding hydrogens is 139 g/mol.